The van der Waals surface area contributed by atoms with Crippen LogP contribution < -0.4 is 5.73 Å². The van der Waals surface area contributed by atoms with E-state index in [0.717, 1.165) is 11.3 Å². The zero-order valence-electron chi connectivity index (χ0n) is 8.60. The molecule has 1 atom stereocenters. The Morgan fingerprint density at radius 3 is 3.00 bits per heavy atom. The SMILES string of the molecule is COC(=O)N1Cc2ncnc(N)c2C1C. The zero-order chi connectivity index (χ0) is 11.0. The number of aromatic nitrogens is 2. The van der Waals surface area contributed by atoms with E-state index in [1.165, 1.54) is 13.4 Å². The summed E-state index contributed by atoms with van der Waals surface area (Å²) in [6.45, 7) is 2.30. The third-order valence-electron chi connectivity index (χ3n) is 2.61. The minimum Gasteiger partial charge on any atom is -0.453 e. The number of hydrogen-bond acceptors (Lipinski definition) is 5. The fraction of sp³-hybridized carbons (Fsp3) is 0.444. The molecule has 0 aromatic carbocycles. The van der Waals surface area contributed by atoms with Crippen molar-refractivity contribution in [3.63, 3.8) is 0 Å². The van der Waals surface area contributed by atoms with Crippen LogP contribution in [0.2, 0.25) is 0 Å². The van der Waals surface area contributed by atoms with E-state index in [2.05, 4.69) is 14.7 Å². The van der Waals surface area contributed by atoms with Crippen molar-refractivity contribution in [2.24, 2.45) is 0 Å². The molecule has 0 bridgehead atoms. The van der Waals surface area contributed by atoms with Gasteiger partial charge in [0.05, 0.1) is 25.4 Å². The quantitative estimate of drug-likeness (QED) is 0.678. The van der Waals surface area contributed by atoms with Crippen LogP contribution in [0.15, 0.2) is 6.33 Å². The Balaban J connectivity index is 2.37. The molecule has 15 heavy (non-hydrogen) atoms. The molecule has 1 aromatic heterocycles. The molecule has 0 spiro atoms. The number of nitrogens with zero attached hydrogens (tertiary/aromatic N) is 3. The van der Waals surface area contributed by atoms with Crippen LogP contribution in [0.3, 0.4) is 0 Å². The van der Waals surface area contributed by atoms with Gasteiger partial charge in [0.2, 0.25) is 0 Å². The molecule has 0 saturated heterocycles. The molecule has 0 radical (unpaired) electrons. The van der Waals surface area contributed by atoms with Crippen LogP contribution in [0.25, 0.3) is 0 Å². The topological polar surface area (TPSA) is 81.3 Å². The van der Waals surface area contributed by atoms with E-state index in [4.69, 9.17) is 5.73 Å². The Kier molecular flexibility index (Phi) is 2.18. The van der Waals surface area contributed by atoms with E-state index in [1.54, 1.807) is 4.90 Å². The summed E-state index contributed by atoms with van der Waals surface area (Å²) in [4.78, 5) is 21.0. The molecule has 1 amide bonds. The number of hydrogen-bond donors (Lipinski definition) is 1. The molecule has 0 saturated carbocycles. The number of methoxy groups -OCH3 is 1. The van der Waals surface area contributed by atoms with E-state index in [-0.39, 0.29) is 12.1 Å². The van der Waals surface area contributed by atoms with Crippen LogP contribution in [-0.2, 0) is 11.3 Å². The Hall–Kier alpha value is -1.85. The molecule has 6 nitrogen and oxygen atoms in total. The molecule has 1 aliphatic rings. The molecule has 2 N–H and O–H groups in total. The zero-order valence-corrected chi connectivity index (χ0v) is 8.60. The average molecular weight is 208 g/mol. The summed E-state index contributed by atoms with van der Waals surface area (Å²) in [5.74, 6) is 0.430. The molecular weight excluding hydrogens is 196 g/mol. The van der Waals surface area contributed by atoms with Gasteiger partial charge in [-0.1, -0.05) is 0 Å². The Morgan fingerprint density at radius 2 is 2.40 bits per heavy atom. The van der Waals surface area contributed by atoms with Crippen molar-refractivity contribution in [3.05, 3.63) is 17.6 Å². The van der Waals surface area contributed by atoms with Crippen LogP contribution in [0.1, 0.15) is 24.2 Å². The minimum atomic E-state index is -0.375. The largest absolute Gasteiger partial charge is 0.453 e. The van der Waals surface area contributed by atoms with Crippen LogP contribution in [0.4, 0.5) is 10.6 Å². The van der Waals surface area contributed by atoms with E-state index < -0.39 is 0 Å². The lowest BCUT2D eigenvalue weighted by molar-refractivity contribution is 0.111. The van der Waals surface area contributed by atoms with E-state index in [1.807, 2.05) is 6.92 Å². The lowest BCUT2D eigenvalue weighted by atomic mass is 10.1. The van der Waals surface area contributed by atoms with E-state index in [9.17, 15) is 4.79 Å². The number of carbonyl (C=O) groups excluding carboxylic acids is 1. The van der Waals surface area contributed by atoms with Gasteiger partial charge in [-0.05, 0) is 6.92 Å². The lowest BCUT2D eigenvalue weighted by Gasteiger charge is -2.19. The predicted molar refractivity (Wildman–Crippen MR) is 52.8 cm³/mol. The number of fused-ring (bicyclic) bond motifs is 1. The lowest BCUT2D eigenvalue weighted by Crippen LogP contribution is -2.28. The van der Waals surface area contributed by atoms with Gasteiger partial charge in [-0.15, -0.1) is 0 Å². The maximum absolute atomic E-state index is 11.4. The van der Waals surface area contributed by atoms with Crippen molar-refractivity contribution < 1.29 is 9.53 Å². The molecule has 1 unspecified atom stereocenters. The van der Waals surface area contributed by atoms with Crippen molar-refractivity contribution in [1.29, 1.82) is 0 Å². The normalized spacial score (nSPS) is 18.8. The van der Waals surface area contributed by atoms with Gasteiger partial charge in [-0.2, -0.15) is 0 Å². The highest BCUT2D eigenvalue weighted by molar-refractivity contribution is 5.70. The fourth-order valence-corrected chi connectivity index (χ4v) is 1.82. The third kappa shape index (κ3) is 1.38. The van der Waals surface area contributed by atoms with Gasteiger partial charge < -0.3 is 10.5 Å². The Labute approximate surface area is 87.1 Å². The second-order valence-corrected chi connectivity index (χ2v) is 3.39. The first-order valence-corrected chi connectivity index (χ1v) is 4.59. The second kappa shape index (κ2) is 3.38. The molecule has 0 aliphatic carbocycles. The highest BCUT2D eigenvalue weighted by Gasteiger charge is 2.34. The average Bonchev–Trinajstić information content (AvgIpc) is 2.56. The standard InChI is InChI=1S/C9H12N4O2/c1-5-7-6(11-4-12-8(7)10)3-13(5)9(14)15-2/h4-5H,3H2,1-2H3,(H2,10,11,12). The first-order valence-electron chi connectivity index (χ1n) is 4.59. The highest BCUT2D eigenvalue weighted by atomic mass is 16.5. The van der Waals surface area contributed by atoms with Gasteiger partial charge >= 0.3 is 6.09 Å². The van der Waals surface area contributed by atoms with E-state index >= 15 is 0 Å². The van der Waals surface area contributed by atoms with Crippen molar-refractivity contribution in [2.45, 2.75) is 19.5 Å². The maximum atomic E-state index is 11.4. The molecule has 1 aromatic rings. The summed E-state index contributed by atoms with van der Waals surface area (Å²) in [5.41, 5.74) is 7.35. The number of carbonyl (C=O) groups is 1. The molecule has 6 heteroatoms. The van der Waals surface area contributed by atoms with Gasteiger partial charge in [0, 0.05) is 5.56 Å². The van der Waals surface area contributed by atoms with Gasteiger partial charge in [0.1, 0.15) is 12.1 Å². The summed E-state index contributed by atoms with van der Waals surface area (Å²) in [6, 6.07) is -0.131. The van der Waals surface area contributed by atoms with Crippen molar-refractivity contribution in [1.82, 2.24) is 14.9 Å². The Morgan fingerprint density at radius 1 is 1.67 bits per heavy atom. The van der Waals surface area contributed by atoms with Gasteiger partial charge in [-0.25, -0.2) is 14.8 Å². The number of rotatable bonds is 0. The summed E-state index contributed by atoms with van der Waals surface area (Å²) in [5, 5.41) is 0. The molecular formula is C9H12N4O2. The highest BCUT2D eigenvalue weighted by Crippen LogP contribution is 2.34. The van der Waals surface area contributed by atoms with Gasteiger partial charge in [0.25, 0.3) is 0 Å². The summed E-state index contributed by atoms with van der Waals surface area (Å²) in [7, 11) is 1.35. The monoisotopic (exact) mass is 208 g/mol. The van der Waals surface area contributed by atoms with Crippen molar-refractivity contribution in [3.8, 4) is 0 Å². The molecule has 0 fully saturated rings. The van der Waals surface area contributed by atoms with Crippen molar-refractivity contribution in [2.75, 3.05) is 12.8 Å². The fourth-order valence-electron chi connectivity index (χ4n) is 1.82. The number of amides is 1. The predicted octanol–water partition coefficient (Wildman–Crippen LogP) is 0.702. The molecule has 1 aliphatic heterocycles. The van der Waals surface area contributed by atoms with Crippen LogP contribution in [-0.4, -0.2) is 28.1 Å². The van der Waals surface area contributed by atoms with Gasteiger partial charge in [-0.3, -0.25) is 4.90 Å². The Bertz CT molecular complexity index is 407. The first-order chi connectivity index (χ1) is 7.15. The smallest absolute Gasteiger partial charge is 0.410 e. The summed E-state index contributed by atoms with van der Waals surface area (Å²) < 4.78 is 4.67. The number of anilines is 1. The number of ether oxygens (including phenoxy) is 1. The summed E-state index contributed by atoms with van der Waals surface area (Å²) >= 11 is 0. The van der Waals surface area contributed by atoms with E-state index in [0.29, 0.717) is 12.4 Å². The molecule has 2 heterocycles. The molecule has 2 rings (SSSR count). The van der Waals surface area contributed by atoms with Crippen LogP contribution in [0.5, 0.6) is 0 Å². The second-order valence-electron chi connectivity index (χ2n) is 3.39. The number of nitrogens with two attached hydrogens (primary N) is 1. The number of nitrogen functional groups attached to an aromatic ring is 1. The van der Waals surface area contributed by atoms with Crippen molar-refractivity contribution >= 4 is 11.9 Å². The summed E-state index contributed by atoms with van der Waals surface area (Å²) in [6.07, 6.45) is 1.03. The minimum absolute atomic E-state index is 0.131. The van der Waals surface area contributed by atoms with Crippen LogP contribution in [0, 0.1) is 0 Å². The third-order valence-corrected chi connectivity index (χ3v) is 2.61. The van der Waals surface area contributed by atoms with Gasteiger partial charge in [0.15, 0.2) is 0 Å². The first kappa shape index (κ1) is 9.70. The maximum Gasteiger partial charge on any atom is 0.410 e. The van der Waals surface area contributed by atoms with Crippen LogP contribution >= 0.6 is 0 Å². The molecule has 80 valence electrons.